The van der Waals surface area contributed by atoms with Crippen LogP contribution in [0.5, 0.6) is 5.75 Å². The largest absolute Gasteiger partial charge is 0.497 e. The summed E-state index contributed by atoms with van der Waals surface area (Å²) in [5.74, 6) is 0.812. The van der Waals surface area contributed by atoms with E-state index in [1.54, 1.807) is 7.11 Å². The van der Waals surface area contributed by atoms with Gasteiger partial charge in [0, 0.05) is 36.5 Å². The number of rotatable bonds is 6. The number of aromatic nitrogens is 1. The highest BCUT2D eigenvalue weighted by Gasteiger charge is 2.25. The van der Waals surface area contributed by atoms with Crippen molar-refractivity contribution in [2.24, 2.45) is 0 Å². The van der Waals surface area contributed by atoms with Gasteiger partial charge in [-0.3, -0.25) is 4.79 Å². The van der Waals surface area contributed by atoms with Crippen LogP contribution in [0.4, 0.5) is 5.69 Å². The summed E-state index contributed by atoms with van der Waals surface area (Å²) in [7, 11) is 3.71. The van der Waals surface area contributed by atoms with Crippen molar-refractivity contribution >= 4 is 23.4 Å². The maximum atomic E-state index is 12.5. The highest BCUT2D eigenvalue weighted by molar-refractivity contribution is 8.00. The number of fused-ring (bicyclic) bond motifs is 1. The molecule has 6 nitrogen and oxygen atoms in total. The van der Waals surface area contributed by atoms with Crippen molar-refractivity contribution in [2.45, 2.75) is 18.0 Å². The van der Waals surface area contributed by atoms with Crippen molar-refractivity contribution in [3.05, 3.63) is 71.4 Å². The summed E-state index contributed by atoms with van der Waals surface area (Å²) >= 11 is 1.31. The zero-order chi connectivity index (χ0) is 22.5. The van der Waals surface area contributed by atoms with Crippen LogP contribution < -0.4 is 10.1 Å². The van der Waals surface area contributed by atoms with Crippen molar-refractivity contribution in [2.75, 3.05) is 31.8 Å². The molecule has 32 heavy (non-hydrogen) atoms. The Balaban J connectivity index is 1.68. The van der Waals surface area contributed by atoms with Gasteiger partial charge in [-0.15, -0.1) is 0 Å². The SMILES string of the molecule is COc1ccc(-c2c(C#N)c(SCC(=O)Nc3ccccc3)nc3c2CN(C)CC3)cc1. The number of likely N-dealkylation sites (N-methyl/N-ethyl adjacent to an activating group) is 1. The molecule has 4 rings (SSSR count). The molecule has 2 aromatic carbocycles. The normalized spacial score (nSPS) is 13.2. The van der Waals surface area contributed by atoms with E-state index in [9.17, 15) is 10.1 Å². The van der Waals surface area contributed by atoms with Gasteiger partial charge in [-0.25, -0.2) is 4.98 Å². The van der Waals surface area contributed by atoms with Gasteiger partial charge in [0.25, 0.3) is 0 Å². The first-order valence-electron chi connectivity index (χ1n) is 10.4. The first kappa shape index (κ1) is 21.9. The van der Waals surface area contributed by atoms with Crippen LogP contribution >= 0.6 is 11.8 Å². The average molecular weight is 445 g/mol. The van der Waals surface area contributed by atoms with Gasteiger partial charge < -0.3 is 15.0 Å². The van der Waals surface area contributed by atoms with E-state index in [2.05, 4.69) is 23.3 Å². The first-order valence-corrected chi connectivity index (χ1v) is 11.3. The van der Waals surface area contributed by atoms with Crippen LogP contribution in [0.2, 0.25) is 0 Å². The van der Waals surface area contributed by atoms with E-state index in [1.165, 1.54) is 11.8 Å². The average Bonchev–Trinajstić information content (AvgIpc) is 2.82. The summed E-state index contributed by atoms with van der Waals surface area (Å²) in [4.78, 5) is 19.5. The zero-order valence-electron chi connectivity index (χ0n) is 18.1. The number of anilines is 1. The smallest absolute Gasteiger partial charge is 0.234 e. The number of hydrogen-bond acceptors (Lipinski definition) is 6. The lowest BCUT2D eigenvalue weighted by Crippen LogP contribution is -2.28. The van der Waals surface area contributed by atoms with Crippen LogP contribution in [0, 0.1) is 11.3 Å². The summed E-state index contributed by atoms with van der Waals surface area (Å²) in [6.45, 7) is 1.64. The number of nitriles is 1. The van der Waals surface area contributed by atoms with Gasteiger partial charge in [-0.2, -0.15) is 5.26 Å². The topological polar surface area (TPSA) is 78.2 Å². The Labute approximate surface area is 192 Å². The number of methoxy groups -OCH3 is 1. The molecule has 0 aliphatic carbocycles. The van der Waals surface area contributed by atoms with Crippen molar-refractivity contribution in [1.82, 2.24) is 9.88 Å². The molecule has 1 N–H and O–H groups in total. The first-order chi connectivity index (χ1) is 15.6. The van der Waals surface area contributed by atoms with Gasteiger partial charge in [0.1, 0.15) is 16.8 Å². The molecule has 2 heterocycles. The number of para-hydroxylation sites is 1. The van der Waals surface area contributed by atoms with E-state index in [0.717, 1.165) is 53.3 Å². The van der Waals surface area contributed by atoms with E-state index in [-0.39, 0.29) is 11.7 Å². The Hall–Kier alpha value is -3.34. The lowest BCUT2D eigenvalue weighted by molar-refractivity contribution is -0.113. The second-order valence-corrected chi connectivity index (χ2v) is 8.59. The molecule has 0 radical (unpaired) electrons. The summed E-state index contributed by atoms with van der Waals surface area (Å²) in [6, 6.07) is 19.5. The minimum atomic E-state index is -0.129. The van der Waals surface area contributed by atoms with Crippen LogP contribution in [0.25, 0.3) is 11.1 Å². The predicted molar refractivity (Wildman–Crippen MR) is 127 cm³/mol. The lowest BCUT2D eigenvalue weighted by atomic mass is 9.92. The van der Waals surface area contributed by atoms with Crippen LogP contribution in [0.3, 0.4) is 0 Å². The highest BCUT2D eigenvalue weighted by Crippen LogP contribution is 2.37. The highest BCUT2D eigenvalue weighted by atomic mass is 32.2. The fourth-order valence-corrected chi connectivity index (χ4v) is 4.61. The van der Waals surface area contributed by atoms with Crippen molar-refractivity contribution in [3.8, 4) is 22.9 Å². The number of amides is 1. The maximum absolute atomic E-state index is 12.5. The molecular weight excluding hydrogens is 420 g/mol. The maximum Gasteiger partial charge on any atom is 0.234 e. The van der Waals surface area contributed by atoms with Gasteiger partial charge in [0.2, 0.25) is 5.91 Å². The Morgan fingerprint density at radius 2 is 1.97 bits per heavy atom. The standard InChI is InChI=1S/C25H24N4O2S/c1-29-13-12-22-21(15-29)24(17-8-10-19(31-2)11-9-17)20(14-26)25(28-22)32-16-23(30)27-18-6-4-3-5-7-18/h3-11H,12-13,15-16H2,1-2H3,(H,27,30). The van der Waals surface area contributed by atoms with E-state index in [0.29, 0.717) is 10.6 Å². The Kier molecular flexibility index (Phi) is 6.74. The van der Waals surface area contributed by atoms with Gasteiger partial charge in [-0.05, 0) is 42.4 Å². The molecule has 0 atom stereocenters. The Morgan fingerprint density at radius 3 is 2.66 bits per heavy atom. The van der Waals surface area contributed by atoms with Gasteiger partial charge >= 0.3 is 0 Å². The monoisotopic (exact) mass is 444 g/mol. The fourth-order valence-electron chi connectivity index (χ4n) is 3.81. The second-order valence-electron chi connectivity index (χ2n) is 7.62. The van der Waals surface area contributed by atoms with E-state index in [4.69, 9.17) is 9.72 Å². The third-order valence-electron chi connectivity index (χ3n) is 5.40. The quantitative estimate of drug-likeness (QED) is 0.570. The minimum Gasteiger partial charge on any atom is -0.497 e. The Morgan fingerprint density at radius 1 is 1.22 bits per heavy atom. The second kappa shape index (κ2) is 9.86. The van der Waals surface area contributed by atoms with E-state index >= 15 is 0 Å². The van der Waals surface area contributed by atoms with Crippen LogP contribution in [0.1, 0.15) is 16.8 Å². The number of nitrogens with zero attached hydrogens (tertiary/aromatic N) is 3. The molecule has 0 saturated carbocycles. The third-order valence-corrected chi connectivity index (χ3v) is 6.37. The number of thioether (sulfide) groups is 1. The summed E-state index contributed by atoms with van der Waals surface area (Å²) in [5.41, 5.74) is 5.20. The molecule has 1 aliphatic heterocycles. The number of hydrogen-bond donors (Lipinski definition) is 1. The van der Waals surface area contributed by atoms with Crippen LogP contribution in [-0.4, -0.2) is 42.2 Å². The van der Waals surface area contributed by atoms with Crippen molar-refractivity contribution < 1.29 is 9.53 Å². The summed E-state index contributed by atoms with van der Waals surface area (Å²) in [5, 5.41) is 13.6. The molecule has 1 aromatic heterocycles. The predicted octanol–water partition coefficient (Wildman–Crippen LogP) is 4.35. The van der Waals surface area contributed by atoms with Crippen molar-refractivity contribution in [1.29, 1.82) is 5.26 Å². The number of pyridine rings is 1. The Bertz CT molecular complexity index is 1160. The molecule has 0 spiro atoms. The molecule has 3 aromatic rings. The van der Waals surface area contributed by atoms with Gasteiger partial charge in [0.05, 0.1) is 18.4 Å². The van der Waals surface area contributed by atoms with E-state index < -0.39 is 0 Å². The van der Waals surface area contributed by atoms with Crippen molar-refractivity contribution in [3.63, 3.8) is 0 Å². The molecule has 0 unspecified atom stereocenters. The van der Waals surface area contributed by atoms with Gasteiger partial charge in [0.15, 0.2) is 0 Å². The minimum absolute atomic E-state index is 0.129. The van der Waals surface area contributed by atoms with Gasteiger partial charge in [-0.1, -0.05) is 42.1 Å². The van der Waals surface area contributed by atoms with Crippen LogP contribution in [0.15, 0.2) is 59.6 Å². The number of nitrogens with one attached hydrogen (secondary N) is 1. The number of ether oxygens (including phenoxy) is 1. The molecule has 0 bridgehead atoms. The third kappa shape index (κ3) is 4.77. The summed E-state index contributed by atoms with van der Waals surface area (Å²) < 4.78 is 5.29. The molecule has 1 aliphatic rings. The molecule has 0 fully saturated rings. The number of benzene rings is 2. The van der Waals surface area contributed by atoms with E-state index in [1.807, 2.05) is 54.6 Å². The molecule has 1 amide bonds. The summed E-state index contributed by atoms with van der Waals surface area (Å²) in [6.07, 6.45) is 0.810. The number of carbonyl (C=O) groups excluding carboxylic acids is 1. The molecule has 0 saturated heterocycles. The number of carbonyl (C=O) groups is 1. The molecular formula is C25H24N4O2S. The molecule has 7 heteroatoms. The van der Waals surface area contributed by atoms with Crippen LogP contribution in [-0.2, 0) is 17.8 Å². The molecule has 162 valence electrons. The fraction of sp³-hybridized carbons (Fsp3) is 0.240. The lowest BCUT2D eigenvalue weighted by Gasteiger charge is -2.28. The zero-order valence-corrected chi connectivity index (χ0v) is 18.9.